The molecule has 5 heteroatoms. The fourth-order valence-electron chi connectivity index (χ4n) is 2.22. The lowest BCUT2D eigenvalue weighted by Crippen LogP contribution is -2.42. The molecule has 1 fully saturated rings. The number of nitriles is 1. The molecule has 1 aromatic rings. The van der Waals surface area contributed by atoms with Crippen molar-refractivity contribution >= 4 is 12.4 Å². The molecule has 18 heavy (non-hydrogen) atoms. The minimum atomic E-state index is -2.66. The summed E-state index contributed by atoms with van der Waals surface area (Å²) in [5, 5.41) is 11.8. The van der Waals surface area contributed by atoms with Crippen LogP contribution >= 0.6 is 12.4 Å². The van der Waals surface area contributed by atoms with Crippen molar-refractivity contribution in [2.45, 2.75) is 25.2 Å². The highest BCUT2D eigenvalue weighted by molar-refractivity contribution is 5.85. The van der Waals surface area contributed by atoms with Crippen molar-refractivity contribution < 1.29 is 8.78 Å². The number of nitrogens with zero attached hydrogens (tertiary/aromatic N) is 1. The Labute approximate surface area is 111 Å². The van der Waals surface area contributed by atoms with Crippen molar-refractivity contribution in [3.63, 3.8) is 0 Å². The van der Waals surface area contributed by atoms with Crippen LogP contribution in [0, 0.1) is 18.3 Å². The Hall–Kier alpha value is -1.18. The van der Waals surface area contributed by atoms with Crippen molar-refractivity contribution in [2.24, 2.45) is 0 Å². The molecule has 0 aliphatic carbocycles. The Morgan fingerprint density at radius 1 is 1.44 bits per heavy atom. The first-order valence-corrected chi connectivity index (χ1v) is 5.64. The molecule has 0 bridgehead atoms. The van der Waals surface area contributed by atoms with Gasteiger partial charge in [-0.25, -0.2) is 8.78 Å². The van der Waals surface area contributed by atoms with Gasteiger partial charge in [0.1, 0.15) is 0 Å². The second-order valence-electron chi connectivity index (χ2n) is 4.45. The van der Waals surface area contributed by atoms with Crippen LogP contribution in [0.4, 0.5) is 8.78 Å². The molecular weight excluding hydrogens is 258 g/mol. The lowest BCUT2D eigenvalue weighted by atomic mass is 9.86. The van der Waals surface area contributed by atoms with E-state index in [1.54, 1.807) is 25.1 Å². The van der Waals surface area contributed by atoms with Gasteiger partial charge in [-0.3, -0.25) is 0 Å². The lowest BCUT2D eigenvalue weighted by molar-refractivity contribution is -0.0479. The number of piperidine rings is 1. The molecule has 0 spiro atoms. The first-order chi connectivity index (χ1) is 8.04. The predicted octanol–water partition coefficient (Wildman–Crippen LogP) is 3.00. The van der Waals surface area contributed by atoms with Gasteiger partial charge in [0.2, 0.25) is 0 Å². The number of alkyl halides is 2. The molecule has 2 nitrogen and oxygen atoms in total. The molecule has 1 saturated heterocycles. The van der Waals surface area contributed by atoms with Crippen LogP contribution in [0.15, 0.2) is 18.2 Å². The van der Waals surface area contributed by atoms with E-state index in [9.17, 15) is 8.78 Å². The summed E-state index contributed by atoms with van der Waals surface area (Å²) in [4.78, 5) is 0. The fraction of sp³-hybridized carbons (Fsp3) is 0.462. The molecule has 0 aromatic heterocycles. The first kappa shape index (κ1) is 14.9. The zero-order valence-corrected chi connectivity index (χ0v) is 10.9. The van der Waals surface area contributed by atoms with Gasteiger partial charge in [-0.05, 0) is 24.1 Å². The molecule has 1 unspecified atom stereocenters. The Kier molecular flexibility index (Phi) is 4.66. The molecular formula is C13H15ClF2N2. The zero-order chi connectivity index (χ0) is 12.5. The molecule has 1 aliphatic heterocycles. The van der Waals surface area contributed by atoms with Gasteiger partial charge in [-0.15, -0.1) is 12.4 Å². The number of nitrogens with one attached hydrogen (secondary N) is 1. The van der Waals surface area contributed by atoms with Gasteiger partial charge in [0, 0.05) is 19.5 Å². The maximum atomic E-state index is 13.8. The van der Waals surface area contributed by atoms with Crippen LogP contribution in [-0.4, -0.2) is 19.0 Å². The predicted molar refractivity (Wildman–Crippen MR) is 68.3 cm³/mol. The quantitative estimate of drug-likeness (QED) is 0.853. The number of halogens is 3. The van der Waals surface area contributed by atoms with E-state index in [1.807, 2.05) is 6.07 Å². The van der Waals surface area contributed by atoms with E-state index in [0.29, 0.717) is 24.2 Å². The summed E-state index contributed by atoms with van der Waals surface area (Å²) in [6.07, 6.45) is -0.128. The summed E-state index contributed by atoms with van der Waals surface area (Å²) in [5.41, 5.74) is 1.91. The van der Waals surface area contributed by atoms with Crippen LogP contribution in [0.5, 0.6) is 0 Å². The SMILES string of the molecule is Cc1cc(C2CNCCC2(F)F)ccc1C#N.Cl. The van der Waals surface area contributed by atoms with Gasteiger partial charge >= 0.3 is 0 Å². The van der Waals surface area contributed by atoms with Gasteiger partial charge in [-0.2, -0.15) is 5.26 Å². The normalized spacial score (nSPS) is 21.8. The second kappa shape index (κ2) is 5.64. The van der Waals surface area contributed by atoms with Crippen LogP contribution in [0.25, 0.3) is 0 Å². The second-order valence-corrected chi connectivity index (χ2v) is 4.45. The number of benzene rings is 1. The molecule has 2 rings (SSSR count). The van der Waals surface area contributed by atoms with Crippen molar-refractivity contribution in [2.75, 3.05) is 13.1 Å². The van der Waals surface area contributed by atoms with Crippen molar-refractivity contribution in [1.29, 1.82) is 5.26 Å². The average molecular weight is 273 g/mol. The maximum Gasteiger partial charge on any atom is 0.257 e. The first-order valence-electron chi connectivity index (χ1n) is 5.64. The molecule has 0 radical (unpaired) electrons. The van der Waals surface area contributed by atoms with Crippen LogP contribution in [0.2, 0.25) is 0 Å². The minimum absolute atomic E-state index is 0. The van der Waals surface area contributed by atoms with Crippen molar-refractivity contribution in [1.82, 2.24) is 5.32 Å². The summed E-state index contributed by atoms with van der Waals surface area (Å²) < 4.78 is 27.5. The van der Waals surface area contributed by atoms with E-state index >= 15 is 0 Å². The number of hydrogen-bond acceptors (Lipinski definition) is 2. The van der Waals surface area contributed by atoms with Gasteiger partial charge in [-0.1, -0.05) is 12.1 Å². The highest BCUT2D eigenvalue weighted by Gasteiger charge is 2.42. The third kappa shape index (κ3) is 2.80. The molecule has 98 valence electrons. The van der Waals surface area contributed by atoms with Crippen LogP contribution in [-0.2, 0) is 0 Å². The summed E-state index contributed by atoms with van der Waals surface area (Å²) in [6.45, 7) is 2.42. The third-order valence-electron chi connectivity index (χ3n) is 3.27. The maximum absolute atomic E-state index is 13.8. The molecule has 0 saturated carbocycles. The summed E-state index contributed by atoms with van der Waals surface area (Å²) in [7, 11) is 0. The molecule has 1 atom stereocenters. The third-order valence-corrected chi connectivity index (χ3v) is 3.27. The highest BCUT2D eigenvalue weighted by Crippen LogP contribution is 2.38. The minimum Gasteiger partial charge on any atom is -0.316 e. The van der Waals surface area contributed by atoms with E-state index in [1.165, 1.54) is 0 Å². The Morgan fingerprint density at radius 3 is 2.72 bits per heavy atom. The van der Waals surface area contributed by atoms with Gasteiger partial charge < -0.3 is 5.32 Å². The van der Waals surface area contributed by atoms with Crippen LogP contribution < -0.4 is 5.32 Å². The van der Waals surface area contributed by atoms with E-state index in [0.717, 1.165) is 5.56 Å². The topological polar surface area (TPSA) is 35.8 Å². The van der Waals surface area contributed by atoms with Crippen molar-refractivity contribution in [3.05, 3.63) is 34.9 Å². The standard InChI is InChI=1S/C13H14F2N2.ClH/c1-9-6-10(2-3-11(9)7-16)12-8-17-5-4-13(12,14)15;/h2-3,6,12,17H,4-5,8H2,1H3;1H. The highest BCUT2D eigenvalue weighted by atomic mass is 35.5. The van der Waals surface area contributed by atoms with E-state index in [-0.39, 0.29) is 18.8 Å². The van der Waals surface area contributed by atoms with E-state index < -0.39 is 11.8 Å². The summed E-state index contributed by atoms with van der Waals surface area (Å²) in [5.74, 6) is -3.45. The van der Waals surface area contributed by atoms with Gasteiger partial charge in [0.15, 0.2) is 0 Å². The molecule has 1 heterocycles. The Morgan fingerprint density at radius 2 is 2.17 bits per heavy atom. The smallest absolute Gasteiger partial charge is 0.257 e. The average Bonchev–Trinajstić information content (AvgIpc) is 2.28. The fourth-order valence-corrected chi connectivity index (χ4v) is 2.22. The largest absolute Gasteiger partial charge is 0.316 e. The zero-order valence-electron chi connectivity index (χ0n) is 10.0. The lowest BCUT2D eigenvalue weighted by Gasteiger charge is -2.32. The number of hydrogen-bond donors (Lipinski definition) is 1. The Balaban J connectivity index is 0.00000162. The summed E-state index contributed by atoms with van der Waals surface area (Å²) in [6, 6.07) is 7.00. The molecule has 1 aromatic carbocycles. The van der Waals surface area contributed by atoms with Gasteiger partial charge in [0.25, 0.3) is 5.92 Å². The van der Waals surface area contributed by atoms with E-state index in [4.69, 9.17) is 5.26 Å². The van der Waals surface area contributed by atoms with Crippen molar-refractivity contribution in [3.8, 4) is 6.07 Å². The Bertz CT molecular complexity index is 469. The van der Waals surface area contributed by atoms with Crippen LogP contribution in [0.3, 0.4) is 0 Å². The molecule has 1 aliphatic rings. The molecule has 0 amide bonds. The van der Waals surface area contributed by atoms with Gasteiger partial charge in [0.05, 0.1) is 17.6 Å². The number of aryl methyl sites for hydroxylation is 1. The summed E-state index contributed by atoms with van der Waals surface area (Å²) >= 11 is 0. The number of rotatable bonds is 1. The van der Waals surface area contributed by atoms with E-state index in [2.05, 4.69) is 5.32 Å². The molecule has 1 N–H and O–H groups in total. The van der Waals surface area contributed by atoms with Crippen LogP contribution in [0.1, 0.15) is 29.0 Å². The monoisotopic (exact) mass is 272 g/mol.